The molecule has 2 bridgehead atoms. The van der Waals surface area contributed by atoms with E-state index in [9.17, 15) is 19.2 Å². The van der Waals surface area contributed by atoms with Crippen LogP contribution in [-0.4, -0.2) is 34.6 Å². The maximum atomic E-state index is 13.9. The zero-order valence-electron chi connectivity index (χ0n) is 19.6. The van der Waals surface area contributed by atoms with Gasteiger partial charge in [-0.3, -0.25) is 34.9 Å². The molecule has 186 valence electrons. The third-order valence-electron chi connectivity index (χ3n) is 7.72. The minimum Gasteiger partial charge on any atom is -0.274 e. The Bertz CT molecular complexity index is 1370. The molecule has 0 saturated carbocycles. The Hall–Kier alpha value is -3.68. The van der Waals surface area contributed by atoms with Crippen molar-refractivity contribution in [1.82, 2.24) is 15.8 Å². The van der Waals surface area contributed by atoms with Crippen molar-refractivity contribution in [3.05, 3.63) is 107 Å². The molecule has 0 spiro atoms. The van der Waals surface area contributed by atoms with E-state index < -0.39 is 51.3 Å². The molecule has 4 amide bonds. The number of hydrogen-bond donors (Lipinski definition) is 2. The van der Waals surface area contributed by atoms with E-state index in [0.29, 0.717) is 27.8 Å². The average Bonchev–Trinajstić information content (AvgIpc) is 3.21. The van der Waals surface area contributed by atoms with E-state index in [0.717, 1.165) is 4.90 Å². The zero-order chi connectivity index (χ0) is 26.1. The molecule has 1 aliphatic heterocycles. The van der Waals surface area contributed by atoms with Crippen molar-refractivity contribution in [3.63, 3.8) is 0 Å². The van der Waals surface area contributed by atoms with E-state index in [1.54, 1.807) is 30.3 Å². The van der Waals surface area contributed by atoms with E-state index in [-0.39, 0.29) is 0 Å². The Balaban J connectivity index is 1.35. The van der Waals surface area contributed by atoms with Gasteiger partial charge in [0.1, 0.15) is 15.8 Å². The molecule has 4 aliphatic rings. The molecule has 1 fully saturated rings. The maximum Gasteiger partial charge on any atom is 0.269 e. The summed E-state index contributed by atoms with van der Waals surface area (Å²) in [5.74, 6) is -4.40. The van der Waals surface area contributed by atoms with Crippen LogP contribution in [0.1, 0.15) is 39.5 Å². The Labute approximate surface area is 222 Å². The molecule has 9 heteroatoms. The lowest BCUT2D eigenvalue weighted by Gasteiger charge is -2.54. The minimum atomic E-state index is -1.33. The van der Waals surface area contributed by atoms with E-state index in [4.69, 9.17) is 23.2 Å². The molecule has 3 aromatic carbocycles. The molecule has 7 rings (SSSR count). The van der Waals surface area contributed by atoms with Crippen LogP contribution in [-0.2, 0) is 24.1 Å². The van der Waals surface area contributed by atoms with E-state index in [2.05, 4.69) is 10.9 Å². The molecule has 0 radical (unpaired) electrons. The molecule has 3 aromatic rings. The molecule has 0 unspecified atom stereocenters. The fourth-order valence-corrected chi connectivity index (χ4v) is 7.17. The van der Waals surface area contributed by atoms with Gasteiger partial charge in [0.15, 0.2) is 0 Å². The first-order valence-corrected chi connectivity index (χ1v) is 12.6. The highest BCUT2D eigenvalue weighted by atomic mass is 35.5. The molecule has 1 heterocycles. The van der Waals surface area contributed by atoms with Crippen molar-refractivity contribution < 1.29 is 19.2 Å². The summed E-state index contributed by atoms with van der Waals surface area (Å²) in [6, 6.07) is 21.8. The lowest BCUT2D eigenvalue weighted by atomic mass is 9.54. The largest absolute Gasteiger partial charge is 0.274 e. The average molecular weight is 534 g/mol. The van der Waals surface area contributed by atoms with Crippen molar-refractivity contribution in [2.45, 2.75) is 22.7 Å². The highest BCUT2D eigenvalue weighted by Gasteiger charge is 2.73. The van der Waals surface area contributed by atoms with Crippen molar-refractivity contribution in [3.8, 4) is 0 Å². The molecular formula is C28H21Cl2N3O4. The summed E-state index contributed by atoms with van der Waals surface area (Å²) in [5, 5.41) is 0. The van der Waals surface area contributed by atoms with Crippen LogP contribution >= 0.6 is 23.2 Å². The molecule has 3 aliphatic carbocycles. The number of carbonyl (C=O) groups excluding carboxylic acids is 4. The van der Waals surface area contributed by atoms with Crippen molar-refractivity contribution >= 4 is 46.8 Å². The van der Waals surface area contributed by atoms with Crippen LogP contribution < -0.4 is 10.9 Å². The Morgan fingerprint density at radius 3 is 1.57 bits per heavy atom. The van der Waals surface area contributed by atoms with Crippen LogP contribution in [0, 0.1) is 11.8 Å². The molecular weight excluding hydrogens is 513 g/mol. The van der Waals surface area contributed by atoms with Crippen molar-refractivity contribution in [2.75, 3.05) is 0 Å². The summed E-state index contributed by atoms with van der Waals surface area (Å²) in [6.45, 7) is 1.43. The van der Waals surface area contributed by atoms with Gasteiger partial charge in [0.25, 0.3) is 11.8 Å². The van der Waals surface area contributed by atoms with Gasteiger partial charge >= 0.3 is 0 Å². The lowest BCUT2D eigenvalue weighted by molar-refractivity contribution is -0.147. The molecule has 1 saturated heterocycles. The topological polar surface area (TPSA) is 95.6 Å². The van der Waals surface area contributed by atoms with Crippen LogP contribution in [0.4, 0.5) is 0 Å². The Morgan fingerprint density at radius 2 is 1.14 bits per heavy atom. The van der Waals surface area contributed by atoms with Gasteiger partial charge in [0.2, 0.25) is 11.8 Å². The molecule has 2 N–H and O–H groups in total. The van der Waals surface area contributed by atoms with Gasteiger partial charge in [0, 0.05) is 5.56 Å². The van der Waals surface area contributed by atoms with Crippen LogP contribution in [0.5, 0.6) is 0 Å². The summed E-state index contributed by atoms with van der Waals surface area (Å²) in [6.07, 6.45) is 0. The zero-order valence-corrected chi connectivity index (χ0v) is 21.1. The number of hydrazine groups is 1. The number of nitrogens with one attached hydrogen (secondary N) is 2. The van der Waals surface area contributed by atoms with E-state index in [1.165, 1.54) is 6.92 Å². The quantitative estimate of drug-likeness (QED) is 0.306. The summed E-state index contributed by atoms with van der Waals surface area (Å²) in [4.78, 5) is 51.4. The smallest absolute Gasteiger partial charge is 0.269 e. The first-order valence-electron chi connectivity index (χ1n) is 11.8. The van der Waals surface area contributed by atoms with Gasteiger partial charge in [-0.25, -0.2) is 0 Å². The van der Waals surface area contributed by atoms with Crippen LogP contribution in [0.2, 0.25) is 0 Å². The van der Waals surface area contributed by atoms with Gasteiger partial charge < -0.3 is 0 Å². The molecule has 7 nitrogen and oxygen atoms in total. The van der Waals surface area contributed by atoms with Gasteiger partial charge in [-0.05, 0) is 41.3 Å². The van der Waals surface area contributed by atoms with Gasteiger partial charge in [-0.1, -0.05) is 66.7 Å². The lowest BCUT2D eigenvalue weighted by Crippen LogP contribution is -2.57. The SMILES string of the molecule is C[C@H](C(=O)NNC(=O)c1ccccc1)N1C(=O)[C@@H]2[C@@H](C1=O)C1(Cl)c3ccccc3C2(Cl)c2ccccc21. The summed E-state index contributed by atoms with van der Waals surface area (Å²) in [7, 11) is 0. The van der Waals surface area contributed by atoms with Crippen LogP contribution in [0.15, 0.2) is 78.9 Å². The van der Waals surface area contributed by atoms with E-state index >= 15 is 0 Å². The first kappa shape index (κ1) is 23.7. The number of halogens is 2. The second kappa shape index (κ2) is 8.16. The Kier molecular flexibility index (Phi) is 5.23. The fraction of sp³-hybridized carbons (Fsp3) is 0.214. The predicted octanol–water partition coefficient (Wildman–Crippen LogP) is 3.43. The van der Waals surface area contributed by atoms with E-state index in [1.807, 2.05) is 48.5 Å². The van der Waals surface area contributed by atoms with Crippen LogP contribution in [0.3, 0.4) is 0 Å². The van der Waals surface area contributed by atoms with Crippen LogP contribution in [0.25, 0.3) is 0 Å². The van der Waals surface area contributed by atoms with Crippen molar-refractivity contribution in [1.29, 1.82) is 0 Å². The molecule has 0 aromatic heterocycles. The number of benzene rings is 3. The van der Waals surface area contributed by atoms with Gasteiger partial charge in [-0.2, -0.15) is 0 Å². The number of hydrogen-bond acceptors (Lipinski definition) is 4. The third kappa shape index (κ3) is 3.01. The standard InChI is InChI=1S/C28H21Cl2N3O4/c1-15(23(34)31-32-24(35)16-9-3-2-4-10-16)33-25(36)21-22(26(33)37)28(30)18-12-6-5-11-17(18)27(21,29)19-13-7-8-14-20(19)28/h2-15,21-22H,1H3,(H,31,34)(H,32,35)/t15-,21+,22+,27?,28?/m1/s1. The summed E-state index contributed by atoms with van der Waals surface area (Å²) in [5.41, 5.74) is 7.72. The second-order valence-corrected chi connectivity index (χ2v) is 10.7. The number of rotatable bonds is 3. The monoisotopic (exact) mass is 533 g/mol. The highest BCUT2D eigenvalue weighted by Crippen LogP contribution is 2.69. The highest BCUT2D eigenvalue weighted by molar-refractivity contribution is 6.36. The number of nitrogens with zero attached hydrogens (tertiary/aromatic N) is 1. The molecule has 37 heavy (non-hydrogen) atoms. The minimum absolute atomic E-state index is 0.343. The number of carbonyl (C=O) groups is 4. The second-order valence-electron chi connectivity index (χ2n) is 9.50. The summed E-state index contributed by atoms with van der Waals surface area (Å²) >= 11 is 14.8. The number of likely N-dealkylation sites (tertiary alicyclic amines) is 1. The van der Waals surface area contributed by atoms with Gasteiger partial charge in [0.05, 0.1) is 11.8 Å². The third-order valence-corrected chi connectivity index (χ3v) is 9.01. The number of imide groups is 1. The maximum absolute atomic E-state index is 13.9. The number of amides is 4. The Morgan fingerprint density at radius 1 is 0.730 bits per heavy atom. The van der Waals surface area contributed by atoms with Crippen molar-refractivity contribution in [2.24, 2.45) is 11.8 Å². The number of alkyl halides is 2. The molecule has 3 atom stereocenters. The fourth-order valence-electron chi connectivity index (χ4n) is 6.07. The summed E-state index contributed by atoms with van der Waals surface area (Å²) < 4.78 is 0. The first-order chi connectivity index (χ1) is 17.7. The predicted molar refractivity (Wildman–Crippen MR) is 136 cm³/mol. The van der Waals surface area contributed by atoms with Gasteiger partial charge in [-0.15, -0.1) is 23.2 Å². The normalized spacial score (nSPS) is 27.7.